The maximum Gasteiger partial charge on any atom is 0.338 e. The number of hydrogen-bond acceptors (Lipinski definition) is 8. The number of rotatable bonds is 10. The number of esters is 1. The highest BCUT2D eigenvalue weighted by Crippen LogP contribution is 2.37. The van der Waals surface area contributed by atoms with Gasteiger partial charge in [0.2, 0.25) is 0 Å². The van der Waals surface area contributed by atoms with Gasteiger partial charge in [-0.2, -0.15) is 10.4 Å². The summed E-state index contributed by atoms with van der Waals surface area (Å²) >= 11 is 12.1. The molecule has 0 atom stereocenters. The molecule has 178 valence electrons. The molecule has 0 spiro atoms. The van der Waals surface area contributed by atoms with Crippen LogP contribution in [0.25, 0.3) is 0 Å². The van der Waals surface area contributed by atoms with E-state index in [0.717, 1.165) is 17.8 Å². The number of hydrogen-bond donors (Lipinski definition) is 0. The minimum Gasteiger partial charge on any atom is -0.460 e. The summed E-state index contributed by atoms with van der Waals surface area (Å²) in [5, 5.41) is 28.0. The van der Waals surface area contributed by atoms with Crippen molar-refractivity contribution in [2.75, 3.05) is 24.6 Å². The molecule has 0 heterocycles. The Hall–Kier alpha value is -4.00. The van der Waals surface area contributed by atoms with Gasteiger partial charge in [-0.25, -0.2) is 4.79 Å². The number of ether oxygens (including phenoxy) is 1. The lowest BCUT2D eigenvalue weighted by atomic mass is 10.2. The first-order chi connectivity index (χ1) is 16.9. The number of carbonyl (C=O) groups excluding carboxylic acids is 1. The van der Waals surface area contributed by atoms with Crippen LogP contribution >= 0.6 is 23.2 Å². The van der Waals surface area contributed by atoms with Gasteiger partial charge in [0.15, 0.2) is 0 Å². The number of nitro benzene ring substituents is 1. The van der Waals surface area contributed by atoms with Crippen LogP contribution < -0.4 is 4.90 Å². The average Bonchev–Trinajstić information content (AvgIpc) is 2.86. The smallest absolute Gasteiger partial charge is 0.338 e. The Morgan fingerprint density at radius 1 is 1.03 bits per heavy atom. The van der Waals surface area contributed by atoms with Crippen molar-refractivity contribution in [1.82, 2.24) is 0 Å². The normalized spacial score (nSPS) is 10.7. The lowest BCUT2D eigenvalue weighted by Gasteiger charge is -2.23. The fourth-order valence-corrected chi connectivity index (χ4v) is 3.60. The second-order valence-electron chi connectivity index (χ2n) is 7.13. The predicted molar refractivity (Wildman–Crippen MR) is 133 cm³/mol. The van der Waals surface area contributed by atoms with Crippen molar-refractivity contribution < 1.29 is 14.5 Å². The molecule has 0 radical (unpaired) electrons. The van der Waals surface area contributed by atoms with Crippen LogP contribution in [0.3, 0.4) is 0 Å². The number of non-ortho nitro benzene ring substituents is 1. The first-order valence-corrected chi connectivity index (χ1v) is 11.1. The van der Waals surface area contributed by atoms with Crippen LogP contribution in [-0.2, 0) is 4.74 Å². The summed E-state index contributed by atoms with van der Waals surface area (Å²) < 4.78 is 5.35. The molecule has 0 N–H and O–H groups in total. The molecular weight excluding hydrogens is 493 g/mol. The van der Waals surface area contributed by atoms with Crippen molar-refractivity contribution >= 4 is 51.9 Å². The zero-order valence-electron chi connectivity index (χ0n) is 18.3. The maximum absolute atomic E-state index is 12.1. The Kier molecular flexibility index (Phi) is 9.12. The van der Waals surface area contributed by atoms with Gasteiger partial charge in [-0.1, -0.05) is 41.4 Å². The third-order valence-corrected chi connectivity index (χ3v) is 5.37. The van der Waals surface area contributed by atoms with E-state index in [1.54, 1.807) is 48.5 Å². The van der Waals surface area contributed by atoms with E-state index in [4.69, 9.17) is 33.2 Å². The monoisotopic (exact) mass is 511 g/mol. The summed E-state index contributed by atoms with van der Waals surface area (Å²) in [7, 11) is 0. The van der Waals surface area contributed by atoms with Gasteiger partial charge in [-0.15, -0.1) is 5.11 Å². The SMILES string of the molecule is N#CCCN(CCOC(=O)c1ccccc1)c1ccc(N=Nc2c(Cl)cc([N+](=O)[O-])cc2Cl)cc1. The summed E-state index contributed by atoms with van der Waals surface area (Å²) in [6.07, 6.45) is 0.297. The van der Waals surface area contributed by atoms with E-state index in [1.807, 2.05) is 11.0 Å². The van der Waals surface area contributed by atoms with E-state index >= 15 is 0 Å². The van der Waals surface area contributed by atoms with Crippen molar-refractivity contribution in [3.05, 3.63) is 92.5 Å². The van der Waals surface area contributed by atoms with E-state index in [-0.39, 0.29) is 28.0 Å². The zero-order chi connectivity index (χ0) is 25.2. The van der Waals surface area contributed by atoms with Crippen molar-refractivity contribution in [3.8, 4) is 6.07 Å². The number of halogens is 2. The topological polar surface area (TPSA) is 121 Å². The molecule has 3 aromatic carbocycles. The molecular formula is C24H19Cl2N5O4. The number of anilines is 1. The molecule has 0 amide bonds. The molecule has 3 rings (SSSR count). The standard InChI is InChI=1S/C24H19Cl2N5O4/c25-21-15-20(31(33)34)16-22(26)23(21)29-28-18-7-9-19(10-8-18)30(12-4-11-27)13-14-35-24(32)17-5-2-1-3-6-17/h1-3,5-10,15-16H,4,12-14H2. The Morgan fingerprint density at radius 2 is 1.69 bits per heavy atom. The highest BCUT2D eigenvalue weighted by molar-refractivity contribution is 6.39. The first kappa shape index (κ1) is 25.6. The van der Waals surface area contributed by atoms with Gasteiger partial charge in [0.1, 0.15) is 12.3 Å². The molecule has 35 heavy (non-hydrogen) atoms. The molecule has 0 unspecified atom stereocenters. The van der Waals surface area contributed by atoms with Crippen molar-refractivity contribution in [2.24, 2.45) is 10.2 Å². The van der Waals surface area contributed by atoms with E-state index in [0.29, 0.717) is 30.8 Å². The van der Waals surface area contributed by atoms with Crippen LogP contribution in [0.1, 0.15) is 16.8 Å². The fourth-order valence-electron chi connectivity index (χ4n) is 3.05. The average molecular weight is 512 g/mol. The van der Waals surface area contributed by atoms with E-state index in [9.17, 15) is 14.9 Å². The van der Waals surface area contributed by atoms with Gasteiger partial charge in [0.25, 0.3) is 5.69 Å². The van der Waals surface area contributed by atoms with Gasteiger partial charge in [0, 0.05) is 24.4 Å². The maximum atomic E-state index is 12.1. The van der Waals surface area contributed by atoms with Crippen molar-refractivity contribution in [3.63, 3.8) is 0 Å². The Balaban J connectivity index is 1.66. The number of azo groups is 1. The number of nitro groups is 1. The summed E-state index contributed by atoms with van der Waals surface area (Å²) in [6, 6.07) is 20.1. The van der Waals surface area contributed by atoms with Crippen LogP contribution in [0.15, 0.2) is 77.0 Å². The molecule has 0 aromatic heterocycles. The molecule has 0 saturated heterocycles. The second kappa shape index (κ2) is 12.5. The number of carbonyl (C=O) groups is 1. The van der Waals surface area contributed by atoms with Crippen LogP contribution in [0.2, 0.25) is 10.0 Å². The summed E-state index contributed by atoms with van der Waals surface area (Å²) in [4.78, 5) is 24.4. The lowest BCUT2D eigenvalue weighted by molar-refractivity contribution is -0.384. The Bertz CT molecular complexity index is 1240. The van der Waals surface area contributed by atoms with Crippen LogP contribution in [0, 0.1) is 21.4 Å². The highest BCUT2D eigenvalue weighted by Gasteiger charge is 2.15. The number of nitrogens with zero attached hydrogens (tertiary/aromatic N) is 5. The van der Waals surface area contributed by atoms with Crippen LogP contribution in [0.5, 0.6) is 0 Å². The third kappa shape index (κ3) is 7.24. The minimum atomic E-state index is -0.599. The molecule has 0 aliphatic rings. The zero-order valence-corrected chi connectivity index (χ0v) is 19.8. The minimum absolute atomic E-state index is 0.0114. The molecule has 11 heteroatoms. The summed E-state index contributed by atoms with van der Waals surface area (Å²) in [5.41, 5.74) is 1.66. The van der Waals surface area contributed by atoms with Crippen molar-refractivity contribution in [2.45, 2.75) is 6.42 Å². The lowest BCUT2D eigenvalue weighted by Crippen LogP contribution is -2.29. The quantitative estimate of drug-likeness (QED) is 0.126. The van der Waals surface area contributed by atoms with Gasteiger partial charge in [-0.3, -0.25) is 10.1 Å². The Labute approximate surface area is 211 Å². The van der Waals surface area contributed by atoms with Crippen molar-refractivity contribution in [1.29, 1.82) is 5.26 Å². The van der Waals surface area contributed by atoms with E-state index in [1.165, 1.54) is 0 Å². The first-order valence-electron chi connectivity index (χ1n) is 10.4. The summed E-state index contributed by atoms with van der Waals surface area (Å²) in [6.45, 7) is 1.00. The van der Waals surface area contributed by atoms with Gasteiger partial charge in [-0.05, 0) is 36.4 Å². The summed E-state index contributed by atoms with van der Waals surface area (Å²) in [5.74, 6) is -0.412. The van der Waals surface area contributed by atoms with Crippen LogP contribution in [0.4, 0.5) is 22.7 Å². The van der Waals surface area contributed by atoms with Gasteiger partial charge in [0.05, 0.1) is 45.3 Å². The molecule has 0 aliphatic carbocycles. The van der Waals surface area contributed by atoms with Gasteiger partial charge < -0.3 is 9.64 Å². The third-order valence-electron chi connectivity index (χ3n) is 4.79. The molecule has 0 bridgehead atoms. The molecule has 9 nitrogen and oxygen atoms in total. The van der Waals surface area contributed by atoms with Gasteiger partial charge >= 0.3 is 5.97 Å². The number of benzene rings is 3. The number of nitriles is 1. The van der Waals surface area contributed by atoms with Crippen LogP contribution in [-0.4, -0.2) is 30.6 Å². The fraction of sp³-hybridized carbons (Fsp3) is 0.167. The largest absolute Gasteiger partial charge is 0.460 e. The predicted octanol–water partition coefficient (Wildman–Crippen LogP) is 6.89. The highest BCUT2D eigenvalue weighted by atomic mass is 35.5. The molecule has 3 aromatic rings. The van der Waals surface area contributed by atoms with E-state index in [2.05, 4.69) is 16.3 Å². The van der Waals surface area contributed by atoms with E-state index < -0.39 is 10.9 Å². The molecule has 0 aliphatic heterocycles. The molecule has 0 saturated carbocycles. The second-order valence-corrected chi connectivity index (χ2v) is 7.94. The molecule has 0 fully saturated rings. The Morgan fingerprint density at radius 3 is 2.29 bits per heavy atom.